The maximum absolute atomic E-state index is 12.4. The molecule has 21 heavy (non-hydrogen) atoms. The second-order valence-electron chi connectivity index (χ2n) is 5.43. The van der Waals surface area contributed by atoms with Crippen LogP contribution in [0.4, 0.5) is 13.2 Å². The summed E-state index contributed by atoms with van der Waals surface area (Å²) in [6, 6.07) is 9.91. The lowest BCUT2D eigenvalue weighted by Gasteiger charge is -2.33. The van der Waals surface area contributed by atoms with Gasteiger partial charge in [-0.15, -0.1) is 0 Å². The number of benzene rings is 1. The summed E-state index contributed by atoms with van der Waals surface area (Å²) in [7, 11) is 1.75. The number of hydrogen-bond donors (Lipinski definition) is 1. The lowest BCUT2D eigenvalue weighted by atomic mass is 9.99. The largest absolute Gasteiger partial charge is 0.390 e. The van der Waals surface area contributed by atoms with Gasteiger partial charge < -0.3 is 10.2 Å². The second-order valence-corrected chi connectivity index (χ2v) is 5.43. The fourth-order valence-electron chi connectivity index (χ4n) is 2.29. The van der Waals surface area contributed by atoms with E-state index in [1.165, 1.54) is 0 Å². The van der Waals surface area contributed by atoms with E-state index in [1.54, 1.807) is 11.9 Å². The van der Waals surface area contributed by atoms with Crippen LogP contribution in [0, 0.1) is 0 Å². The Bertz CT molecular complexity index is 392. The number of rotatable bonds is 8. The van der Waals surface area contributed by atoms with Gasteiger partial charge in [0.05, 0.1) is 6.42 Å². The molecule has 0 fully saturated rings. The molecule has 0 spiro atoms. The highest BCUT2D eigenvalue weighted by Crippen LogP contribution is 2.23. The van der Waals surface area contributed by atoms with Gasteiger partial charge in [0.2, 0.25) is 0 Å². The van der Waals surface area contributed by atoms with Gasteiger partial charge in [-0.2, -0.15) is 13.2 Å². The molecule has 5 heteroatoms. The molecule has 2 atom stereocenters. The third kappa shape index (κ3) is 6.48. The van der Waals surface area contributed by atoms with Gasteiger partial charge in [-0.05, 0) is 32.5 Å². The summed E-state index contributed by atoms with van der Waals surface area (Å²) in [5.74, 6) is 0. The van der Waals surface area contributed by atoms with E-state index in [-0.39, 0.29) is 18.6 Å². The van der Waals surface area contributed by atoms with E-state index in [0.717, 1.165) is 18.5 Å². The van der Waals surface area contributed by atoms with Crippen molar-refractivity contribution in [3.05, 3.63) is 35.9 Å². The Morgan fingerprint density at radius 3 is 2.33 bits per heavy atom. The molecule has 1 rings (SSSR count). The molecule has 0 radical (unpaired) electrons. The zero-order chi connectivity index (χ0) is 15.9. The summed E-state index contributed by atoms with van der Waals surface area (Å²) in [6.45, 7) is 4.91. The monoisotopic (exact) mass is 302 g/mol. The van der Waals surface area contributed by atoms with E-state index in [9.17, 15) is 13.2 Å². The predicted molar refractivity (Wildman–Crippen MR) is 80.2 cm³/mol. The number of likely N-dealkylation sites (N-methyl/N-ethyl adjacent to an activating group) is 1. The van der Waals surface area contributed by atoms with Gasteiger partial charge in [-0.1, -0.05) is 37.3 Å². The number of nitrogens with zero attached hydrogens (tertiary/aromatic N) is 1. The van der Waals surface area contributed by atoms with E-state index in [1.807, 2.05) is 37.3 Å². The Morgan fingerprint density at radius 1 is 1.19 bits per heavy atom. The number of halogens is 3. The first-order valence-electron chi connectivity index (χ1n) is 7.40. The Morgan fingerprint density at radius 2 is 1.81 bits per heavy atom. The minimum absolute atomic E-state index is 0.0127. The van der Waals surface area contributed by atoms with Crippen LogP contribution in [0.1, 0.15) is 38.3 Å². The van der Waals surface area contributed by atoms with Crippen LogP contribution in [0.25, 0.3) is 0 Å². The maximum atomic E-state index is 12.4. The van der Waals surface area contributed by atoms with Gasteiger partial charge in [0.1, 0.15) is 0 Å². The molecule has 0 heterocycles. The molecule has 1 N–H and O–H groups in total. The molecular weight excluding hydrogens is 277 g/mol. The minimum atomic E-state index is -4.10. The van der Waals surface area contributed by atoms with Crippen LogP contribution < -0.4 is 5.32 Å². The van der Waals surface area contributed by atoms with Crippen molar-refractivity contribution in [1.82, 2.24) is 10.2 Å². The van der Waals surface area contributed by atoms with Crippen molar-refractivity contribution < 1.29 is 13.2 Å². The molecular formula is C16H25F3N2. The van der Waals surface area contributed by atoms with Crippen molar-refractivity contribution in [3.8, 4) is 0 Å². The maximum Gasteiger partial charge on any atom is 0.390 e. The van der Waals surface area contributed by atoms with Gasteiger partial charge in [0, 0.05) is 18.6 Å². The molecule has 0 aliphatic rings. The summed E-state index contributed by atoms with van der Waals surface area (Å²) < 4.78 is 37.1. The minimum Gasteiger partial charge on any atom is -0.309 e. The molecule has 2 nitrogen and oxygen atoms in total. The normalized spacial score (nSPS) is 15.2. The molecule has 0 saturated carbocycles. The SMILES string of the molecule is CCCNC(c1ccccc1)C(C)N(C)CCC(F)(F)F. The molecule has 0 bridgehead atoms. The Balaban J connectivity index is 2.73. The highest BCUT2D eigenvalue weighted by molar-refractivity contribution is 5.20. The number of hydrogen-bond acceptors (Lipinski definition) is 2. The second kappa shape index (κ2) is 8.39. The highest BCUT2D eigenvalue weighted by atomic mass is 19.4. The van der Waals surface area contributed by atoms with E-state index in [0.29, 0.717) is 0 Å². The van der Waals surface area contributed by atoms with Crippen LogP contribution in [0.3, 0.4) is 0 Å². The predicted octanol–water partition coefficient (Wildman–Crippen LogP) is 4.00. The third-order valence-corrected chi connectivity index (χ3v) is 3.70. The van der Waals surface area contributed by atoms with Gasteiger partial charge in [0.15, 0.2) is 0 Å². The fraction of sp³-hybridized carbons (Fsp3) is 0.625. The molecule has 120 valence electrons. The fourth-order valence-corrected chi connectivity index (χ4v) is 2.29. The number of alkyl halides is 3. The Kier molecular flexibility index (Phi) is 7.18. The van der Waals surface area contributed by atoms with Crippen LogP contribution >= 0.6 is 0 Å². The molecule has 0 aliphatic carbocycles. The lowest BCUT2D eigenvalue weighted by molar-refractivity contribution is -0.138. The average molecular weight is 302 g/mol. The molecule has 0 aromatic heterocycles. The standard InChI is InChI=1S/C16H25F3N2/c1-4-11-20-15(14-8-6-5-7-9-14)13(2)21(3)12-10-16(17,18)19/h5-9,13,15,20H,4,10-12H2,1-3H3. The molecule has 2 unspecified atom stereocenters. The van der Waals surface area contributed by atoms with Crippen molar-refractivity contribution in [1.29, 1.82) is 0 Å². The van der Waals surface area contributed by atoms with Crippen molar-refractivity contribution in [2.75, 3.05) is 20.1 Å². The summed E-state index contributed by atoms with van der Waals surface area (Å²) in [6.07, 6.45) is -3.89. The Hall–Kier alpha value is -1.07. The van der Waals surface area contributed by atoms with Crippen LogP contribution in [0.2, 0.25) is 0 Å². The van der Waals surface area contributed by atoms with Crippen molar-refractivity contribution >= 4 is 0 Å². The zero-order valence-corrected chi connectivity index (χ0v) is 13.0. The van der Waals surface area contributed by atoms with E-state index < -0.39 is 12.6 Å². The summed E-state index contributed by atoms with van der Waals surface area (Å²) >= 11 is 0. The van der Waals surface area contributed by atoms with Crippen LogP contribution in [-0.2, 0) is 0 Å². The van der Waals surface area contributed by atoms with Gasteiger partial charge >= 0.3 is 6.18 Å². The molecule has 0 saturated heterocycles. The van der Waals surface area contributed by atoms with Crippen molar-refractivity contribution in [2.45, 2.75) is 44.9 Å². The molecule has 1 aromatic rings. The average Bonchev–Trinajstić information content (AvgIpc) is 2.45. The highest BCUT2D eigenvalue weighted by Gasteiger charge is 2.29. The quantitative estimate of drug-likeness (QED) is 0.781. The molecule has 0 aliphatic heterocycles. The van der Waals surface area contributed by atoms with Crippen molar-refractivity contribution in [2.24, 2.45) is 0 Å². The van der Waals surface area contributed by atoms with E-state index in [4.69, 9.17) is 0 Å². The summed E-state index contributed by atoms with van der Waals surface area (Å²) in [4.78, 5) is 1.77. The number of nitrogens with one attached hydrogen (secondary N) is 1. The van der Waals surface area contributed by atoms with E-state index in [2.05, 4.69) is 12.2 Å². The van der Waals surface area contributed by atoms with Crippen LogP contribution in [0.5, 0.6) is 0 Å². The Labute approximate surface area is 125 Å². The topological polar surface area (TPSA) is 15.3 Å². The first-order valence-corrected chi connectivity index (χ1v) is 7.40. The summed E-state index contributed by atoms with van der Waals surface area (Å²) in [5, 5.41) is 3.44. The first-order chi connectivity index (χ1) is 9.85. The van der Waals surface area contributed by atoms with Gasteiger partial charge in [-0.25, -0.2) is 0 Å². The lowest BCUT2D eigenvalue weighted by Crippen LogP contribution is -2.42. The van der Waals surface area contributed by atoms with Crippen LogP contribution in [-0.4, -0.2) is 37.3 Å². The van der Waals surface area contributed by atoms with E-state index >= 15 is 0 Å². The van der Waals surface area contributed by atoms with Gasteiger partial charge in [-0.3, -0.25) is 0 Å². The van der Waals surface area contributed by atoms with Crippen molar-refractivity contribution in [3.63, 3.8) is 0 Å². The third-order valence-electron chi connectivity index (χ3n) is 3.70. The smallest absolute Gasteiger partial charge is 0.309 e. The first kappa shape index (κ1) is 18.0. The van der Waals surface area contributed by atoms with Gasteiger partial charge in [0.25, 0.3) is 0 Å². The summed E-state index contributed by atoms with van der Waals surface area (Å²) in [5.41, 5.74) is 1.11. The zero-order valence-electron chi connectivity index (χ0n) is 13.0. The molecule has 1 aromatic carbocycles. The van der Waals surface area contributed by atoms with Crippen LogP contribution in [0.15, 0.2) is 30.3 Å². The molecule has 0 amide bonds.